The number of carbonyl (C=O) groups excluding carboxylic acids is 1. The van der Waals surface area contributed by atoms with E-state index in [1.54, 1.807) is 11.0 Å². The van der Waals surface area contributed by atoms with Crippen molar-refractivity contribution in [2.75, 3.05) is 26.7 Å². The predicted octanol–water partition coefficient (Wildman–Crippen LogP) is 0.949. The summed E-state index contributed by atoms with van der Waals surface area (Å²) in [6.45, 7) is 3.04. The van der Waals surface area contributed by atoms with Gasteiger partial charge in [0.25, 0.3) is 0 Å². The number of nitrogens with zero attached hydrogens (tertiary/aromatic N) is 2. The highest BCUT2D eigenvalue weighted by atomic mass is 19.1. The van der Waals surface area contributed by atoms with Gasteiger partial charge in [0.2, 0.25) is 5.91 Å². The van der Waals surface area contributed by atoms with Crippen LogP contribution in [0.3, 0.4) is 0 Å². The van der Waals surface area contributed by atoms with Crippen LogP contribution in [-0.2, 0) is 17.9 Å². The number of likely N-dealkylation sites (N-methyl/N-ethyl adjacent to an activating group) is 1. The van der Waals surface area contributed by atoms with Crippen molar-refractivity contribution in [2.45, 2.75) is 19.5 Å². The van der Waals surface area contributed by atoms with E-state index in [2.05, 4.69) is 4.90 Å². The van der Waals surface area contributed by atoms with Crippen molar-refractivity contribution in [1.82, 2.24) is 9.80 Å². The van der Waals surface area contributed by atoms with E-state index < -0.39 is 0 Å². The van der Waals surface area contributed by atoms with E-state index >= 15 is 0 Å². The molecule has 1 fully saturated rings. The van der Waals surface area contributed by atoms with Gasteiger partial charge in [0.1, 0.15) is 5.82 Å². The maximum atomic E-state index is 13.2. The van der Waals surface area contributed by atoms with E-state index in [4.69, 9.17) is 5.73 Å². The van der Waals surface area contributed by atoms with E-state index in [0.717, 1.165) is 30.6 Å². The number of carbonyl (C=O) groups is 1. The Kier molecular flexibility index (Phi) is 4.50. The summed E-state index contributed by atoms with van der Waals surface area (Å²) in [5, 5.41) is 0. The molecule has 4 nitrogen and oxygen atoms in total. The predicted molar refractivity (Wildman–Crippen MR) is 71.8 cm³/mol. The Hall–Kier alpha value is -1.46. The molecular formula is C14H20FN3O. The lowest BCUT2D eigenvalue weighted by Gasteiger charge is -2.20. The van der Waals surface area contributed by atoms with Gasteiger partial charge in [-0.1, -0.05) is 6.07 Å². The topological polar surface area (TPSA) is 49.6 Å². The first kappa shape index (κ1) is 14.0. The lowest BCUT2D eigenvalue weighted by Crippen LogP contribution is -2.34. The van der Waals surface area contributed by atoms with Crippen molar-refractivity contribution in [2.24, 2.45) is 5.73 Å². The molecule has 0 radical (unpaired) electrons. The average molecular weight is 265 g/mol. The molecule has 0 aromatic heterocycles. The molecule has 1 aromatic rings. The highest BCUT2D eigenvalue weighted by Gasteiger charge is 2.19. The molecule has 1 aromatic carbocycles. The largest absolute Gasteiger partial charge is 0.345 e. The Bertz CT molecular complexity index is 464. The van der Waals surface area contributed by atoms with Crippen molar-refractivity contribution >= 4 is 5.91 Å². The van der Waals surface area contributed by atoms with Gasteiger partial charge in [-0.25, -0.2) is 4.39 Å². The van der Waals surface area contributed by atoms with Gasteiger partial charge in [-0.3, -0.25) is 9.69 Å². The first-order valence-electron chi connectivity index (χ1n) is 6.54. The van der Waals surface area contributed by atoms with Crippen molar-refractivity contribution in [1.29, 1.82) is 0 Å². The van der Waals surface area contributed by atoms with E-state index in [-0.39, 0.29) is 11.7 Å². The van der Waals surface area contributed by atoms with Crippen LogP contribution in [0, 0.1) is 5.82 Å². The second-order valence-electron chi connectivity index (χ2n) is 5.00. The van der Waals surface area contributed by atoms with Crippen LogP contribution in [0.1, 0.15) is 17.5 Å². The number of hydrogen-bond acceptors (Lipinski definition) is 3. The van der Waals surface area contributed by atoms with E-state index in [0.29, 0.717) is 19.6 Å². The lowest BCUT2D eigenvalue weighted by atomic mass is 10.1. The molecule has 0 saturated carbocycles. The van der Waals surface area contributed by atoms with Crippen molar-refractivity contribution in [3.05, 3.63) is 35.1 Å². The Balaban J connectivity index is 2.10. The van der Waals surface area contributed by atoms with E-state index in [1.165, 1.54) is 12.1 Å². The summed E-state index contributed by atoms with van der Waals surface area (Å²) >= 11 is 0. The summed E-state index contributed by atoms with van der Waals surface area (Å²) in [6.07, 6.45) is 0.960. The van der Waals surface area contributed by atoms with Gasteiger partial charge >= 0.3 is 0 Å². The minimum atomic E-state index is -0.268. The average Bonchev–Trinajstić information content (AvgIpc) is 2.54. The number of nitrogens with two attached hydrogens (primary N) is 1. The highest BCUT2D eigenvalue weighted by molar-refractivity contribution is 5.78. The monoisotopic (exact) mass is 265 g/mol. The fourth-order valence-corrected chi connectivity index (χ4v) is 2.36. The third-order valence-corrected chi connectivity index (χ3v) is 3.53. The van der Waals surface area contributed by atoms with Crippen LogP contribution in [0.2, 0.25) is 0 Å². The molecule has 1 saturated heterocycles. The molecule has 1 amide bonds. The van der Waals surface area contributed by atoms with Gasteiger partial charge in [0.05, 0.1) is 6.54 Å². The minimum absolute atomic E-state index is 0.133. The van der Waals surface area contributed by atoms with Crippen LogP contribution in [0.4, 0.5) is 4.39 Å². The summed E-state index contributed by atoms with van der Waals surface area (Å²) in [4.78, 5) is 15.7. The van der Waals surface area contributed by atoms with Crippen LogP contribution in [0.25, 0.3) is 0 Å². The molecule has 19 heavy (non-hydrogen) atoms. The lowest BCUT2D eigenvalue weighted by molar-refractivity contribution is -0.130. The fourth-order valence-electron chi connectivity index (χ4n) is 2.36. The smallest absolute Gasteiger partial charge is 0.236 e. The highest BCUT2D eigenvalue weighted by Crippen LogP contribution is 2.15. The molecule has 104 valence electrons. The van der Waals surface area contributed by atoms with Gasteiger partial charge in [-0.05, 0) is 29.7 Å². The van der Waals surface area contributed by atoms with Gasteiger partial charge in [-0.2, -0.15) is 0 Å². The molecule has 0 spiro atoms. The van der Waals surface area contributed by atoms with E-state index in [1.807, 2.05) is 7.05 Å². The zero-order valence-corrected chi connectivity index (χ0v) is 11.2. The minimum Gasteiger partial charge on any atom is -0.345 e. The van der Waals surface area contributed by atoms with Crippen LogP contribution >= 0.6 is 0 Å². The molecule has 0 aliphatic carbocycles. The summed E-state index contributed by atoms with van der Waals surface area (Å²) in [7, 11) is 1.83. The van der Waals surface area contributed by atoms with Gasteiger partial charge < -0.3 is 10.6 Å². The zero-order chi connectivity index (χ0) is 13.8. The molecule has 0 unspecified atom stereocenters. The zero-order valence-electron chi connectivity index (χ0n) is 11.2. The molecule has 0 atom stereocenters. The number of halogens is 1. The molecule has 5 heteroatoms. The van der Waals surface area contributed by atoms with Crippen LogP contribution in [0.15, 0.2) is 18.2 Å². The number of benzene rings is 1. The van der Waals surface area contributed by atoms with Crippen molar-refractivity contribution < 1.29 is 9.18 Å². The summed E-state index contributed by atoms with van der Waals surface area (Å²) in [5.74, 6) is -0.134. The van der Waals surface area contributed by atoms with Crippen molar-refractivity contribution in [3.63, 3.8) is 0 Å². The molecule has 2 rings (SSSR count). The quantitative estimate of drug-likeness (QED) is 0.885. The molecule has 2 N–H and O–H groups in total. The molecule has 1 aliphatic heterocycles. The maximum Gasteiger partial charge on any atom is 0.236 e. The van der Waals surface area contributed by atoms with Gasteiger partial charge in [-0.15, -0.1) is 0 Å². The fraction of sp³-hybridized carbons (Fsp3) is 0.500. The standard InChI is InChI=1S/C14H20FN3O/c1-17-5-2-6-18(10-14(17)19)9-11-3-4-13(15)7-12(11)8-16/h3-4,7H,2,5-6,8-10,16H2,1H3. The van der Waals surface area contributed by atoms with Crippen LogP contribution in [0.5, 0.6) is 0 Å². The Labute approximate surface area is 113 Å². The Morgan fingerprint density at radius 3 is 2.84 bits per heavy atom. The SMILES string of the molecule is CN1CCCN(Cc2ccc(F)cc2CN)CC1=O. The summed E-state index contributed by atoms with van der Waals surface area (Å²) < 4.78 is 13.2. The third-order valence-electron chi connectivity index (χ3n) is 3.53. The van der Waals surface area contributed by atoms with E-state index in [9.17, 15) is 9.18 Å². The van der Waals surface area contributed by atoms with Gasteiger partial charge in [0, 0.05) is 33.2 Å². The Morgan fingerprint density at radius 1 is 1.32 bits per heavy atom. The van der Waals surface area contributed by atoms with Crippen LogP contribution in [-0.4, -0.2) is 42.4 Å². The number of amides is 1. The van der Waals surface area contributed by atoms with Gasteiger partial charge in [0.15, 0.2) is 0 Å². The second-order valence-corrected chi connectivity index (χ2v) is 5.00. The third kappa shape index (κ3) is 3.52. The summed E-state index contributed by atoms with van der Waals surface area (Å²) in [6, 6.07) is 4.68. The first-order chi connectivity index (χ1) is 9.10. The second kappa shape index (κ2) is 6.12. The molecule has 1 aliphatic rings. The molecule has 1 heterocycles. The normalized spacial score (nSPS) is 17.6. The first-order valence-corrected chi connectivity index (χ1v) is 6.54. The van der Waals surface area contributed by atoms with Crippen molar-refractivity contribution in [3.8, 4) is 0 Å². The molecular weight excluding hydrogens is 245 g/mol. The molecule has 0 bridgehead atoms. The summed E-state index contributed by atoms with van der Waals surface area (Å²) in [5.41, 5.74) is 7.46. The number of rotatable bonds is 3. The number of hydrogen-bond donors (Lipinski definition) is 1. The Morgan fingerprint density at radius 2 is 2.11 bits per heavy atom. The maximum absolute atomic E-state index is 13.2. The van der Waals surface area contributed by atoms with Crippen LogP contribution < -0.4 is 5.73 Å².